The molecule has 1 atom stereocenters. The minimum atomic E-state index is 0. The van der Waals surface area contributed by atoms with E-state index in [1.807, 2.05) is 0 Å². The van der Waals surface area contributed by atoms with Crippen LogP contribution in [0.15, 0.2) is 188 Å². The quantitative estimate of drug-likeness (QED) is 0.104. The molecule has 1 aliphatic carbocycles. The SMILES string of the molecule is CCCC1=Cc2c(-c3cc4ccccc4c4ccccc34)cccc2C1c1cccc2c1[cH-]c1ccccc12.[Cl-].[Cl-].[Zr+3].c1ccc([Si]c2ccccc2)cc1. The summed E-state index contributed by atoms with van der Waals surface area (Å²) in [7, 11) is 0.777. The molecule has 1 aliphatic rings. The molecule has 0 spiro atoms. The Hall–Kier alpha value is -4.43. The van der Waals surface area contributed by atoms with Crippen LogP contribution in [0.25, 0.3) is 60.3 Å². The molecule has 0 aliphatic heterocycles. The van der Waals surface area contributed by atoms with Gasteiger partial charge in [-0.1, -0.05) is 205 Å². The molecule has 0 aromatic heterocycles. The molecule has 9 aromatic carbocycles. The van der Waals surface area contributed by atoms with E-state index in [0.29, 0.717) is 0 Å². The van der Waals surface area contributed by atoms with Crippen LogP contribution in [-0.2, 0) is 26.2 Å². The van der Waals surface area contributed by atoms with Crippen LogP contribution in [0.2, 0.25) is 0 Å². The maximum absolute atomic E-state index is 2.52. The van der Waals surface area contributed by atoms with Gasteiger partial charge in [0.1, 0.15) is 9.52 Å². The first-order chi connectivity index (χ1) is 25.8. The predicted octanol–water partition coefficient (Wildman–Crippen LogP) is 6.36. The molecular formula is C51H39Cl2SiZr. The van der Waals surface area contributed by atoms with Crippen molar-refractivity contribution in [3.05, 3.63) is 204 Å². The Labute approximate surface area is 358 Å². The fraction of sp³-hybridized carbons (Fsp3) is 0.0784. The minimum absolute atomic E-state index is 0. The first kappa shape index (κ1) is 40.2. The average molecular weight is 842 g/mol. The monoisotopic (exact) mass is 839 g/mol. The molecule has 0 heterocycles. The summed E-state index contributed by atoms with van der Waals surface area (Å²) in [6.45, 7) is 2.30. The molecule has 0 N–H and O–H groups in total. The topological polar surface area (TPSA) is 0 Å². The Morgan fingerprint density at radius 2 is 1.07 bits per heavy atom. The van der Waals surface area contributed by atoms with Gasteiger partial charge in [-0.25, -0.2) is 0 Å². The van der Waals surface area contributed by atoms with Gasteiger partial charge in [0.05, 0.1) is 0 Å². The second kappa shape index (κ2) is 18.0. The Kier molecular flexibility index (Phi) is 13.2. The zero-order chi connectivity index (χ0) is 34.9. The second-order valence-electron chi connectivity index (χ2n) is 13.8. The fourth-order valence-electron chi connectivity index (χ4n) is 8.31. The zero-order valence-corrected chi connectivity index (χ0v) is 35.6. The van der Waals surface area contributed by atoms with Gasteiger partial charge in [-0.15, -0.1) is 33.7 Å². The van der Waals surface area contributed by atoms with E-state index in [0.717, 1.165) is 22.4 Å². The van der Waals surface area contributed by atoms with Gasteiger partial charge in [-0.05, 0) is 56.3 Å². The van der Waals surface area contributed by atoms with Gasteiger partial charge in [-0.3, -0.25) is 0 Å². The molecule has 9 aromatic rings. The van der Waals surface area contributed by atoms with E-state index < -0.39 is 0 Å². The maximum atomic E-state index is 2.52. The van der Waals surface area contributed by atoms with Crippen molar-refractivity contribution in [2.24, 2.45) is 0 Å². The summed E-state index contributed by atoms with van der Waals surface area (Å²) in [5.74, 6) is 0.284. The Morgan fingerprint density at radius 3 is 1.78 bits per heavy atom. The van der Waals surface area contributed by atoms with Gasteiger partial charge < -0.3 is 24.8 Å². The standard InChI is InChI=1S/C39H29.C12H10Si.2ClH.Zr/c1-2-11-27-24-38-33(36-22-25-12-3-5-14-28(25)30-16-7-8-17-32(30)36)19-10-21-35(38)39(27)34-20-9-18-31-29-15-6-4-13-26(29)23-37(31)34;1-3-7-11(8-4-1)13-12-9-5-2-6-10-12;;;/h3-10,12-24,39H,2,11H2,1H3;1-10H;2*1H;/q-1;;;;+3/p-2. The molecule has 3 radical (unpaired) electrons. The van der Waals surface area contributed by atoms with Crippen molar-refractivity contribution in [2.75, 3.05) is 0 Å². The summed E-state index contributed by atoms with van der Waals surface area (Å²) in [6.07, 6.45) is 4.77. The molecule has 0 amide bonds. The van der Waals surface area contributed by atoms with Gasteiger partial charge in [0.25, 0.3) is 0 Å². The van der Waals surface area contributed by atoms with Crippen molar-refractivity contribution in [1.82, 2.24) is 0 Å². The van der Waals surface area contributed by atoms with Crippen LogP contribution in [0.5, 0.6) is 0 Å². The van der Waals surface area contributed by atoms with E-state index in [9.17, 15) is 0 Å². The fourth-order valence-corrected chi connectivity index (χ4v) is 9.36. The van der Waals surface area contributed by atoms with Crippen molar-refractivity contribution in [3.8, 4) is 11.1 Å². The van der Waals surface area contributed by atoms with Crippen molar-refractivity contribution < 1.29 is 51.0 Å². The Bertz CT molecular complexity index is 2700. The molecular weight excluding hydrogens is 803 g/mol. The van der Waals surface area contributed by atoms with Crippen LogP contribution >= 0.6 is 0 Å². The first-order valence-corrected chi connectivity index (χ1v) is 19.5. The van der Waals surface area contributed by atoms with Crippen molar-refractivity contribution >= 4 is 69.1 Å². The van der Waals surface area contributed by atoms with Gasteiger partial charge in [0, 0.05) is 5.92 Å². The Balaban J connectivity index is 0.000000275. The first-order valence-electron chi connectivity index (χ1n) is 18.5. The number of rotatable bonds is 6. The Morgan fingerprint density at radius 1 is 0.509 bits per heavy atom. The molecule has 1 unspecified atom stereocenters. The van der Waals surface area contributed by atoms with Gasteiger partial charge >= 0.3 is 26.2 Å². The van der Waals surface area contributed by atoms with E-state index in [1.54, 1.807) is 0 Å². The summed E-state index contributed by atoms with van der Waals surface area (Å²) in [6, 6.07) is 66.3. The number of halogens is 2. The second-order valence-corrected chi connectivity index (χ2v) is 15.2. The van der Waals surface area contributed by atoms with Crippen LogP contribution in [0.3, 0.4) is 0 Å². The van der Waals surface area contributed by atoms with E-state index in [1.165, 1.54) is 86.9 Å². The maximum Gasteiger partial charge on any atom is 3.00 e. The number of hydrogen-bond acceptors (Lipinski definition) is 0. The van der Waals surface area contributed by atoms with E-state index in [-0.39, 0.29) is 56.9 Å². The molecule has 55 heavy (non-hydrogen) atoms. The van der Waals surface area contributed by atoms with Crippen LogP contribution in [0.4, 0.5) is 0 Å². The number of benzene rings is 8. The van der Waals surface area contributed by atoms with Gasteiger partial charge in [-0.2, -0.15) is 0 Å². The summed E-state index contributed by atoms with van der Waals surface area (Å²) in [4.78, 5) is 0. The van der Waals surface area contributed by atoms with Crippen molar-refractivity contribution in [2.45, 2.75) is 25.7 Å². The summed E-state index contributed by atoms with van der Waals surface area (Å²) >= 11 is 0. The zero-order valence-electron chi connectivity index (χ0n) is 30.6. The average Bonchev–Trinajstić information content (AvgIpc) is 3.77. The summed E-state index contributed by atoms with van der Waals surface area (Å²) in [5.41, 5.74) is 8.45. The molecule has 0 nitrogen and oxygen atoms in total. The van der Waals surface area contributed by atoms with Gasteiger partial charge in [0.2, 0.25) is 0 Å². The van der Waals surface area contributed by atoms with Crippen molar-refractivity contribution in [3.63, 3.8) is 0 Å². The third-order valence-corrected chi connectivity index (χ3v) is 11.8. The molecule has 4 heteroatoms. The third kappa shape index (κ3) is 7.85. The van der Waals surface area contributed by atoms with E-state index >= 15 is 0 Å². The summed E-state index contributed by atoms with van der Waals surface area (Å²) in [5, 5.41) is 13.5. The van der Waals surface area contributed by atoms with Crippen LogP contribution in [-0.4, -0.2) is 9.52 Å². The van der Waals surface area contributed by atoms with Gasteiger partial charge in [0.15, 0.2) is 0 Å². The van der Waals surface area contributed by atoms with Crippen LogP contribution in [0.1, 0.15) is 42.4 Å². The molecule has 0 saturated carbocycles. The van der Waals surface area contributed by atoms with E-state index in [2.05, 4.69) is 195 Å². The molecule has 0 fully saturated rings. The van der Waals surface area contributed by atoms with E-state index in [4.69, 9.17) is 0 Å². The molecule has 0 saturated heterocycles. The van der Waals surface area contributed by atoms with Crippen LogP contribution in [0, 0.1) is 0 Å². The van der Waals surface area contributed by atoms with Crippen LogP contribution < -0.4 is 35.2 Å². The molecule has 0 bridgehead atoms. The van der Waals surface area contributed by atoms with Crippen molar-refractivity contribution in [1.29, 1.82) is 0 Å². The number of allylic oxidation sites excluding steroid dienone is 1. The largest absolute Gasteiger partial charge is 3.00 e. The molecule has 10 rings (SSSR count). The number of hydrogen-bond donors (Lipinski definition) is 0. The number of fused-ring (bicyclic) bond motifs is 7. The predicted molar refractivity (Wildman–Crippen MR) is 227 cm³/mol. The smallest absolute Gasteiger partial charge is 1.00 e. The summed E-state index contributed by atoms with van der Waals surface area (Å²) < 4.78 is 0. The third-order valence-electron chi connectivity index (χ3n) is 10.6. The normalized spacial score (nSPS) is 12.9. The minimum Gasteiger partial charge on any atom is -1.00 e. The molecule has 265 valence electrons.